The molecule has 2 aliphatic heterocycles. The lowest BCUT2D eigenvalue weighted by atomic mass is 10.2. The van der Waals surface area contributed by atoms with Crippen LogP contribution in [-0.4, -0.2) is 23.0 Å². The van der Waals surface area contributed by atoms with Crippen LogP contribution in [0.15, 0.2) is 54.4 Å². The highest BCUT2D eigenvalue weighted by molar-refractivity contribution is 5.36. The Morgan fingerprint density at radius 3 is 2.68 bits per heavy atom. The van der Waals surface area contributed by atoms with Gasteiger partial charge in [-0.15, -0.1) is 0 Å². The van der Waals surface area contributed by atoms with Crippen molar-refractivity contribution in [2.75, 3.05) is 13.2 Å². The molecule has 0 radical (unpaired) electrons. The molecule has 0 N–H and O–H groups in total. The number of rotatable bonds is 2. The third kappa shape index (κ3) is 2.31. The second kappa shape index (κ2) is 4.63. The third-order valence-electron chi connectivity index (χ3n) is 3.37. The molecule has 1 aromatic rings. The van der Waals surface area contributed by atoms with Gasteiger partial charge in [-0.05, 0) is 29.9 Å². The van der Waals surface area contributed by atoms with E-state index in [1.807, 2.05) is 23.3 Å². The Bertz CT molecular complexity index is 570. The summed E-state index contributed by atoms with van der Waals surface area (Å²) >= 11 is 0. The van der Waals surface area contributed by atoms with Crippen LogP contribution in [0, 0.1) is 11.6 Å². The first kappa shape index (κ1) is 12.1. The standard InChI is InChI=1S/C15H14F2N2/c1-11-5-6-19-10-18(8-12(19)7-11)9-13-14(16)3-2-4-15(13)17/h2-7H,1,8-10H2. The van der Waals surface area contributed by atoms with Crippen LogP contribution in [0.3, 0.4) is 0 Å². The van der Waals surface area contributed by atoms with Gasteiger partial charge in [0, 0.05) is 30.5 Å². The largest absolute Gasteiger partial charge is 0.337 e. The molecule has 0 atom stereocenters. The number of fused-ring (bicyclic) bond motifs is 1. The molecule has 0 saturated carbocycles. The average molecular weight is 260 g/mol. The molecule has 1 saturated heterocycles. The quantitative estimate of drug-likeness (QED) is 0.806. The molecule has 1 fully saturated rings. The van der Waals surface area contributed by atoms with Gasteiger partial charge in [-0.3, -0.25) is 4.90 Å². The highest BCUT2D eigenvalue weighted by Gasteiger charge is 2.25. The van der Waals surface area contributed by atoms with Gasteiger partial charge >= 0.3 is 0 Å². The minimum absolute atomic E-state index is 0.130. The Hall–Kier alpha value is -1.94. The summed E-state index contributed by atoms with van der Waals surface area (Å²) < 4.78 is 27.2. The lowest BCUT2D eigenvalue weighted by Crippen LogP contribution is -2.23. The fourth-order valence-corrected chi connectivity index (χ4v) is 2.41. The van der Waals surface area contributed by atoms with Gasteiger partial charge in [0.1, 0.15) is 11.6 Å². The molecular formula is C15H14F2N2. The number of hydrogen-bond acceptors (Lipinski definition) is 2. The second-order valence-electron chi connectivity index (χ2n) is 4.82. The van der Waals surface area contributed by atoms with E-state index in [0.717, 1.165) is 11.3 Å². The zero-order valence-electron chi connectivity index (χ0n) is 10.4. The van der Waals surface area contributed by atoms with E-state index in [9.17, 15) is 8.78 Å². The molecule has 2 aliphatic rings. The maximum Gasteiger partial charge on any atom is 0.130 e. The van der Waals surface area contributed by atoms with Gasteiger partial charge in [0.15, 0.2) is 0 Å². The number of hydrogen-bond donors (Lipinski definition) is 0. The van der Waals surface area contributed by atoms with Crippen molar-refractivity contribution in [3.05, 3.63) is 71.6 Å². The fourth-order valence-electron chi connectivity index (χ4n) is 2.41. The van der Waals surface area contributed by atoms with Crippen molar-refractivity contribution in [1.82, 2.24) is 9.80 Å². The fraction of sp³-hybridized carbons (Fsp3) is 0.200. The predicted molar refractivity (Wildman–Crippen MR) is 69.8 cm³/mol. The van der Waals surface area contributed by atoms with Crippen LogP contribution < -0.4 is 0 Å². The van der Waals surface area contributed by atoms with Crippen molar-refractivity contribution >= 4 is 0 Å². The maximum absolute atomic E-state index is 13.6. The van der Waals surface area contributed by atoms with Crippen LogP contribution in [0.5, 0.6) is 0 Å². The van der Waals surface area contributed by atoms with Gasteiger partial charge in [-0.1, -0.05) is 12.6 Å². The van der Waals surface area contributed by atoms with Crippen molar-refractivity contribution in [3.8, 4) is 0 Å². The first-order valence-corrected chi connectivity index (χ1v) is 6.13. The number of allylic oxidation sites excluding steroid dienone is 3. The molecule has 4 heteroatoms. The minimum Gasteiger partial charge on any atom is -0.337 e. The van der Waals surface area contributed by atoms with Crippen LogP contribution in [-0.2, 0) is 6.54 Å². The molecule has 0 amide bonds. The van der Waals surface area contributed by atoms with Crippen molar-refractivity contribution in [3.63, 3.8) is 0 Å². The van der Waals surface area contributed by atoms with Gasteiger partial charge in [0.2, 0.25) is 0 Å². The van der Waals surface area contributed by atoms with Gasteiger partial charge in [0.25, 0.3) is 0 Å². The van der Waals surface area contributed by atoms with Crippen LogP contribution in [0.4, 0.5) is 8.78 Å². The SMILES string of the molecule is C=C1C=CN2CN(Cc3c(F)cccc3F)CC2=C1. The average Bonchev–Trinajstić information content (AvgIpc) is 2.75. The van der Waals surface area contributed by atoms with E-state index in [1.165, 1.54) is 18.2 Å². The smallest absolute Gasteiger partial charge is 0.130 e. The van der Waals surface area contributed by atoms with Gasteiger partial charge in [-0.2, -0.15) is 0 Å². The van der Waals surface area contributed by atoms with E-state index in [-0.39, 0.29) is 12.1 Å². The molecule has 0 aliphatic carbocycles. The molecule has 0 unspecified atom stereocenters. The Kier molecular flexibility index (Phi) is 2.95. The lowest BCUT2D eigenvalue weighted by molar-refractivity contribution is 0.275. The van der Waals surface area contributed by atoms with Crippen LogP contribution in [0.25, 0.3) is 0 Å². The topological polar surface area (TPSA) is 6.48 Å². The summed E-state index contributed by atoms with van der Waals surface area (Å²) in [6.07, 6.45) is 5.88. The zero-order chi connectivity index (χ0) is 13.4. The number of benzene rings is 1. The maximum atomic E-state index is 13.6. The van der Waals surface area contributed by atoms with E-state index >= 15 is 0 Å². The first-order chi connectivity index (χ1) is 9.13. The molecule has 0 bridgehead atoms. The summed E-state index contributed by atoms with van der Waals surface area (Å²) in [4.78, 5) is 4.06. The van der Waals surface area contributed by atoms with Crippen molar-refractivity contribution in [2.24, 2.45) is 0 Å². The molecule has 2 nitrogen and oxygen atoms in total. The van der Waals surface area contributed by atoms with Crippen molar-refractivity contribution in [2.45, 2.75) is 6.54 Å². The summed E-state index contributed by atoms with van der Waals surface area (Å²) in [7, 11) is 0. The molecule has 0 aromatic heterocycles. The number of nitrogens with zero attached hydrogens (tertiary/aromatic N) is 2. The van der Waals surface area contributed by atoms with E-state index < -0.39 is 11.6 Å². The zero-order valence-corrected chi connectivity index (χ0v) is 10.4. The predicted octanol–water partition coefficient (Wildman–Crippen LogP) is 3.01. The van der Waals surface area contributed by atoms with Crippen LogP contribution >= 0.6 is 0 Å². The van der Waals surface area contributed by atoms with Crippen LogP contribution in [0.2, 0.25) is 0 Å². The Morgan fingerprint density at radius 2 is 1.95 bits per heavy atom. The second-order valence-corrected chi connectivity index (χ2v) is 4.82. The molecule has 2 heterocycles. The van der Waals surface area contributed by atoms with Gasteiger partial charge in [0.05, 0.1) is 6.67 Å². The van der Waals surface area contributed by atoms with E-state index in [2.05, 4.69) is 11.5 Å². The van der Waals surface area contributed by atoms with Gasteiger partial charge < -0.3 is 4.90 Å². The molecule has 98 valence electrons. The highest BCUT2D eigenvalue weighted by atomic mass is 19.1. The van der Waals surface area contributed by atoms with E-state index in [4.69, 9.17) is 0 Å². The normalized spacial score (nSPS) is 18.7. The summed E-state index contributed by atoms with van der Waals surface area (Å²) in [5.41, 5.74) is 2.19. The van der Waals surface area contributed by atoms with E-state index in [1.54, 1.807) is 0 Å². The van der Waals surface area contributed by atoms with Crippen molar-refractivity contribution in [1.29, 1.82) is 0 Å². The summed E-state index contributed by atoms with van der Waals surface area (Å²) in [5.74, 6) is -0.974. The molecular weight excluding hydrogens is 246 g/mol. The Balaban J connectivity index is 1.78. The molecule has 3 rings (SSSR count). The van der Waals surface area contributed by atoms with E-state index in [0.29, 0.717) is 13.2 Å². The Morgan fingerprint density at radius 1 is 1.21 bits per heavy atom. The van der Waals surface area contributed by atoms with Crippen LogP contribution in [0.1, 0.15) is 5.56 Å². The monoisotopic (exact) mass is 260 g/mol. The summed E-state index contributed by atoms with van der Waals surface area (Å²) in [6, 6.07) is 3.97. The third-order valence-corrected chi connectivity index (χ3v) is 3.37. The highest BCUT2D eigenvalue weighted by Crippen LogP contribution is 2.25. The minimum atomic E-state index is -0.487. The first-order valence-electron chi connectivity index (χ1n) is 6.13. The molecule has 1 aromatic carbocycles. The molecule has 0 spiro atoms. The van der Waals surface area contributed by atoms with Gasteiger partial charge in [-0.25, -0.2) is 8.78 Å². The van der Waals surface area contributed by atoms with Crippen molar-refractivity contribution < 1.29 is 8.78 Å². The summed E-state index contributed by atoms with van der Waals surface area (Å²) in [5, 5.41) is 0. The Labute approximate surface area is 110 Å². The molecule has 19 heavy (non-hydrogen) atoms. The number of halogens is 2. The lowest BCUT2D eigenvalue weighted by Gasteiger charge is -2.18. The summed E-state index contributed by atoms with van der Waals surface area (Å²) in [6.45, 7) is 5.47.